The lowest BCUT2D eigenvalue weighted by Gasteiger charge is -2.11. The lowest BCUT2D eigenvalue weighted by Crippen LogP contribution is -2.27. The maximum Gasteiger partial charge on any atom is 0.0569 e. The number of rotatable bonds is 4. The summed E-state index contributed by atoms with van der Waals surface area (Å²) in [7, 11) is 0. The van der Waals surface area contributed by atoms with Crippen LogP contribution in [0, 0.1) is 0 Å². The summed E-state index contributed by atoms with van der Waals surface area (Å²) < 4.78 is 4.02. The van der Waals surface area contributed by atoms with Gasteiger partial charge in [0.15, 0.2) is 0 Å². The van der Waals surface area contributed by atoms with Gasteiger partial charge in [0.25, 0.3) is 0 Å². The normalized spacial score (nSPS) is 13.3. The van der Waals surface area contributed by atoms with Crippen LogP contribution in [0.1, 0.15) is 30.7 Å². The molecule has 1 aromatic rings. The molecule has 1 atom stereocenters. The van der Waals surface area contributed by atoms with Crippen LogP contribution in [-0.2, 0) is 0 Å². The molecule has 0 fully saturated rings. The number of aromatic nitrogens is 1. The van der Waals surface area contributed by atoms with Gasteiger partial charge in [0.2, 0.25) is 0 Å². The van der Waals surface area contributed by atoms with Crippen molar-refractivity contribution >= 4 is 11.5 Å². The summed E-state index contributed by atoms with van der Waals surface area (Å²) in [5.74, 6) is 5.38. The van der Waals surface area contributed by atoms with Crippen molar-refractivity contribution in [1.29, 1.82) is 0 Å². The van der Waals surface area contributed by atoms with Crippen molar-refractivity contribution in [3.8, 4) is 0 Å². The van der Waals surface area contributed by atoms with Gasteiger partial charge in [-0.25, -0.2) is 4.37 Å². The summed E-state index contributed by atoms with van der Waals surface area (Å²) >= 11 is 1.50. The minimum absolute atomic E-state index is 0.285. The molecule has 11 heavy (non-hydrogen) atoms. The Morgan fingerprint density at radius 3 is 3.09 bits per heavy atom. The number of hydrogen-bond donors (Lipinski definition) is 2. The molecule has 0 aliphatic heterocycles. The number of hydrogen-bond acceptors (Lipinski definition) is 4. The van der Waals surface area contributed by atoms with Gasteiger partial charge in [-0.15, -0.1) is 0 Å². The molecule has 0 aliphatic carbocycles. The maximum absolute atomic E-state index is 5.38. The highest BCUT2D eigenvalue weighted by Gasteiger charge is 2.08. The molecule has 0 bridgehead atoms. The van der Waals surface area contributed by atoms with E-state index in [0.29, 0.717) is 0 Å². The first-order valence-corrected chi connectivity index (χ1v) is 4.52. The Balaban J connectivity index is 2.56. The highest BCUT2D eigenvalue weighted by atomic mass is 32.1. The van der Waals surface area contributed by atoms with Crippen LogP contribution in [0.25, 0.3) is 0 Å². The van der Waals surface area contributed by atoms with Crippen LogP contribution in [0.2, 0.25) is 0 Å². The summed E-state index contributed by atoms with van der Waals surface area (Å²) in [6, 6.07) is 2.29. The van der Waals surface area contributed by atoms with Gasteiger partial charge in [-0.05, 0) is 24.0 Å². The molecule has 3 nitrogen and oxygen atoms in total. The van der Waals surface area contributed by atoms with Gasteiger partial charge in [0, 0.05) is 11.1 Å². The van der Waals surface area contributed by atoms with Crippen molar-refractivity contribution in [2.45, 2.75) is 25.8 Å². The second-order valence-corrected chi connectivity index (χ2v) is 3.29. The van der Waals surface area contributed by atoms with E-state index in [0.717, 1.165) is 12.8 Å². The van der Waals surface area contributed by atoms with E-state index in [1.165, 1.54) is 16.4 Å². The molecular formula is C7H13N3S. The first-order chi connectivity index (χ1) is 5.38. The molecule has 0 saturated heterocycles. The number of hydrazine groups is 1. The van der Waals surface area contributed by atoms with Crippen molar-refractivity contribution in [3.05, 3.63) is 17.1 Å². The zero-order chi connectivity index (χ0) is 8.10. The van der Waals surface area contributed by atoms with Crippen molar-refractivity contribution < 1.29 is 0 Å². The highest BCUT2D eigenvalue weighted by Crippen LogP contribution is 2.19. The van der Waals surface area contributed by atoms with Crippen LogP contribution < -0.4 is 11.3 Å². The topological polar surface area (TPSA) is 50.9 Å². The molecule has 1 rings (SSSR count). The third-order valence-corrected chi connectivity index (χ3v) is 2.44. The van der Waals surface area contributed by atoms with E-state index >= 15 is 0 Å². The summed E-state index contributed by atoms with van der Waals surface area (Å²) in [4.78, 5) is 1.22. The maximum atomic E-state index is 5.38. The summed E-state index contributed by atoms with van der Waals surface area (Å²) in [5.41, 5.74) is 2.78. The van der Waals surface area contributed by atoms with Crippen LogP contribution >= 0.6 is 11.5 Å². The van der Waals surface area contributed by atoms with Gasteiger partial charge < -0.3 is 0 Å². The molecule has 0 aliphatic rings. The zero-order valence-corrected chi connectivity index (χ0v) is 7.40. The van der Waals surface area contributed by atoms with E-state index in [1.54, 1.807) is 6.20 Å². The fourth-order valence-corrected chi connectivity index (χ4v) is 1.68. The smallest absolute Gasteiger partial charge is 0.0569 e. The van der Waals surface area contributed by atoms with Gasteiger partial charge in [0.1, 0.15) is 0 Å². The summed E-state index contributed by atoms with van der Waals surface area (Å²) in [6.07, 6.45) is 4.01. The van der Waals surface area contributed by atoms with E-state index in [4.69, 9.17) is 5.84 Å². The minimum atomic E-state index is 0.285. The van der Waals surface area contributed by atoms with E-state index in [9.17, 15) is 0 Å². The largest absolute Gasteiger partial charge is 0.271 e. The molecule has 62 valence electrons. The van der Waals surface area contributed by atoms with Crippen molar-refractivity contribution in [1.82, 2.24) is 9.80 Å². The lowest BCUT2D eigenvalue weighted by atomic mass is 10.1. The molecule has 0 aromatic carbocycles. The third-order valence-electron chi connectivity index (χ3n) is 1.58. The average Bonchev–Trinajstić information content (AvgIpc) is 2.52. The standard InChI is InChI=1S/C7H13N3S/c1-2-3-6(10-8)7-4-5-9-11-7/h4-6,10H,2-3,8H2,1H3. The Morgan fingerprint density at radius 2 is 2.64 bits per heavy atom. The van der Waals surface area contributed by atoms with E-state index in [-0.39, 0.29) is 6.04 Å². The van der Waals surface area contributed by atoms with Crippen LogP contribution in [-0.4, -0.2) is 4.37 Å². The van der Waals surface area contributed by atoms with Crippen LogP contribution in [0.5, 0.6) is 0 Å². The van der Waals surface area contributed by atoms with Gasteiger partial charge in [-0.2, -0.15) is 0 Å². The monoisotopic (exact) mass is 171 g/mol. The van der Waals surface area contributed by atoms with Crippen LogP contribution in [0.3, 0.4) is 0 Å². The number of nitrogens with zero attached hydrogens (tertiary/aromatic N) is 1. The Morgan fingerprint density at radius 1 is 1.82 bits per heavy atom. The Kier molecular flexibility index (Phi) is 3.48. The van der Waals surface area contributed by atoms with Crippen molar-refractivity contribution in [2.75, 3.05) is 0 Å². The Labute approximate surface area is 70.8 Å². The Hall–Kier alpha value is -0.450. The molecule has 0 spiro atoms. The number of nitrogens with two attached hydrogens (primary N) is 1. The van der Waals surface area contributed by atoms with E-state index in [2.05, 4.69) is 16.7 Å². The third kappa shape index (κ3) is 2.25. The first-order valence-electron chi connectivity index (χ1n) is 3.75. The fourth-order valence-electron chi connectivity index (χ4n) is 1.00. The molecule has 0 saturated carbocycles. The van der Waals surface area contributed by atoms with E-state index < -0.39 is 0 Å². The van der Waals surface area contributed by atoms with Crippen LogP contribution in [0.4, 0.5) is 0 Å². The molecule has 4 heteroatoms. The predicted octanol–water partition coefficient (Wildman–Crippen LogP) is 1.45. The van der Waals surface area contributed by atoms with Gasteiger partial charge in [0.05, 0.1) is 6.04 Å². The summed E-state index contributed by atoms with van der Waals surface area (Å²) in [5, 5.41) is 0. The summed E-state index contributed by atoms with van der Waals surface area (Å²) in [6.45, 7) is 2.14. The average molecular weight is 171 g/mol. The fraction of sp³-hybridized carbons (Fsp3) is 0.571. The second kappa shape index (κ2) is 4.43. The van der Waals surface area contributed by atoms with Crippen molar-refractivity contribution in [3.63, 3.8) is 0 Å². The van der Waals surface area contributed by atoms with Gasteiger partial charge in [-0.1, -0.05) is 13.3 Å². The van der Waals surface area contributed by atoms with Gasteiger partial charge >= 0.3 is 0 Å². The molecule has 0 radical (unpaired) electrons. The SMILES string of the molecule is CCCC(NN)c1ccns1. The first kappa shape index (κ1) is 8.64. The molecule has 3 N–H and O–H groups in total. The quantitative estimate of drug-likeness (QED) is 0.532. The number of nitrogens with one attached hydrogen (secondary N) is 1. The molecule has 1 heterocycles. The molecule has 0 amide bonds. The molecular weight excluding hydrogens is 158 g/mol. The predicted molar refractivity (Wildman–Crippen MR) is 47.1 cm³/mol. The zero-order valence-electron chi connectivity index (χ0n) is 6.58. The molecule has 1 aromatic heterocycles. The molecule has 1 unspecified atom stereocenters. The highest BCUT2D eigenvalue weighted by molar-refractivity contribution is 7.05. The van der Waals surface area contributed by atoms with Gasteiger partial charge in [-0.3, -0.25) is 11.3 Å². The Bertz CT molecular complexity index is 186. The lowest BCUT2D eigenvalue weighted by molar-refractivity contribution is 0.517. The second-order valence-electron chi connectivity index (χ2n) is 2.42. The van der Waals surface area contributed by atoms with E-state index in [1.807, 2.05) is 6.07 Å². The van der Waals surface area contributed by atoms with Crippen molar-refractivity contribution in [2.24, 2.45) is 5.84 Å². The minimum Gasteiger partial charge on any atom is -0.271 e. The van der Waals surface area contributed by atoms with Crippen LogP contribution in [0.15, 0.2) is 12.3 Å².